The fourth-order valence-corrected chi connectivity index (χ4v) is 3.51. The number of thioether (sulfide) groups is 1. The van der Waals surface area contributed by atoms with Gasteiger partial charge in [0.15, 0.2) is 0 Å². The minimum absolute atomic E-state index is 0.127. The zero-order valence-corrected chi connectivity index (χ0v) is 10.6. The van der Waals surface area contributed by atoms with Crippen LogP contribution in [0.15, 0.2) is 23.1 Å². The van der Waals surface area contributed by atoms with E-state index in [1.165, 1.54) is 18.0 Å². The topological polar surface area (TPSA) is 60.2 Å². The second-order valence-corrected chi connectivity index (χ2v) is 6.91. The van der Waals surface area contributed by atoms with Gasteiger partial charge in [-0.2, -0.15) is 0 Å². The van der Waals surface area contributed by atoms with Crippen LogP contribution in [0.1, 0.15) is 0 Å². The number of halogens is 1. The lowest BCUT2D eigenvalue weighted by molar-refractivity contribution is 0.603. The maximum Gasteiger partial charge on any atom is 0.148 e. The van der Waals surface area contributed by atoms with Crippen LogP contribution in [0.3, 0.4) is 0 Å². The van der Waals surface area contributed by atoms with Crippen molar-refractivity contribution in [2.45, 2.75) is 4.90 Å². The van der Waals surface area contributed by atoms with Gasteiger partial charge in [0.1, 0.15) is 9.84 Å². The number of nitrogen functional groups attached to an aromatic ring is 1. The Labute approximate surface area is 98.9 Å². The summed E-state index contributed by atoms with van der Waals surface area (Å²) in [6, 6.07) is 5.24. The second-order valence-electron chi connectivity index (χ2n) is 3.14. The summed E-state index contributed by atoms with van der Waals surface area (Å²) in [5, 5.41) is 0.563. The lowest BCUT2D eigenvalue weighted by atomic mass is 10.3. The molecule has 0 unspecified atom stereocenters. The Morgan fingerprint density at radius 1 is 1.47 bits per heavy atom. The number of hydrogen-bond donors (Lipinski definition) is 1. The molecule has 0 bridgehead atoms. The van der Waals surface area contributed by atoms with E-state index in [2.05, 4.69) is 0 Å². The molecule has 0 spiro atoms. The molecule has 2 N–H and O–H groups in total. The van der Waals surface area contributed by atoms with Gasteiger partial charge >= 0.3 is 0 Å². The molecule has 1 aromatic rings. The zero-order valence-electron chi connectivity index (χ0n) is 8.23. The fraction of sp³-hybridized carbons (Fsp3) is 0.333. The third-order valence-electron chi connectivity index (χ3n) is 1.70. The Morgan fingerprint density at radius 3 is 2.67 bits per heavy atom. The van der Waals surface area contributed by atoms with Crippen LogP contribution in [0.4, 0.5) is 5.69 Å². The number of sulfone groups is 1. The van der Waals surface area contributed by atoms with E-state index < -0.39 is 9.84 Å². The van der Waals surface area contributed by atoms with Crippen molar-refractivity contribution in [3.63, 3.8) is 0 Å². The highest BCUT2D eigenvalue weighted by Crippen LogP contribution is 2.32. The van der Waals surface area contributed by atoms with Gasteiger partial charge in [-0.15, -0.1) is 11.8 Å². The van der Waals surface area contributed by atoms with E-state index in [0.717, 1.165) is 4.90 Å². The molecule has 0 heterocycles. The Balaban J connectivity index is 2.66. The van der Waals surface area contributed by atoms with Crippen LogP contribution >= 0.6 is 23.4 Å². The molecule has 0 aliphatic rings. The maximum absolute atomic E-state index is 10.9. The Bertz CT molecular complexity index is 425. The van der Waals surface area contributed by atoms with Gasteiger partial charge in [0.2, 0.25) is 0 Å². The SMILES string of the molecule is CS(=O)(=O)CCSc1c(N)cccc1Cl. The van der Waals surface area contributed by atoms with Crippen molar-refractivity contribution in [3.05, 3.63) is 23.2 Å². The normalized spacial score (nSPS) is 11.6. The van der Waals surface area contributed by atoms with E-state index in [1.807, 2.05) is 0 Å². The zero-order chi connectivity index (χ0) is 11.5. The molecule has 0 aliphatic carbocycles. The summed E-state index contributed by atoms with van der Waals surface area (Å²) in [6.07, 6.45) is 1.21. The van der Waals surface area contributed by atoms with Crippen molar-refractivity contribution in [3.8, 4) is 0 Å². The van der Waals surface area contributed by atoms with Gasteiger partial charge < -0.3 is 5.73 Å². The lowest BCUT2D eigenvalue weighted by Gasteiger charge is -2.06. The minimum atomic E-state index is -2.92. The molecule has 6 heteroatoms. The third-order valence-corrected chi connectivity index (χ3v) is 4.48. The van der Waals surface area contributed by atoms with Gasteiger partial charge in [-0.1, -0.05) is 17.7 Å². The molecule has 84 valence electrons. The van der Waals surface area contributed by atoms with Crippen LogP contribution in [0, 0.1) is 0 Å². The molecule has 0 aromatic heterocycles. The van der Waals surface area contributed by atoms with Gasteiger partial charge in [-0.25, -0.2) is 8.42 Å². The summed E-state index contributed by atoms with van der Waals surface area (Å²) in [5.41, 5.74) is 6.30. The van der Waals surface area contributed by atoms with Gasteiger partial charge in [0.05, 0.1) is 10.8 Å². The Morgan fingerprint density at radius 2 is 2.13 bits per heavy atom. The van der Waals surface area contributed by atoms with Crippen molar-refractivity contribution in [1.82, 2.24) is 0 Å². The summed E-state index contributed by atoms with van der Waals surface area (Å²) in [4.78, 5) is 0.753. The van der Waals surface area contributed by atoms with Crippen LogP contribution < -0.4 is 5.73 Å². The second kappa shape index (κ2) is 5.09. The molecule has 0 saturated carbocycles. The van der Waals surface area contributed by atoms with Crippen molar-refractivity contribution in [1.29, 1.82) is 0 Å². The average Bonchev–Trinajstić information content (AvgIpc) is 2.08. The molecule has 0 saturated heterocycles. The van der Waals surface area contributed by atoms with Crippen molar-refractivity contribution in [2.75, 3.05) is 23.5 Å². The van der Waals surface area contributed by atoms with Crippen molar-refractivity contribution in [2.24, 2.45) is 0 Å². The van der Waals surface area contributed by atoms with Gasteiger partial charge in [-0.3, -0.25) is 0 Å². The molecular formula is C9H12ClNO2S2. The minimum Gasteiger partial charge on any atom is -0.398 e. The van der Waals surface area contributed by atoms with Gasteiger partial charge in [-0.05, 0) is 12.1 Å². The van der Waals surface area contributed by atoms with E-state index in [0.29, 0.717) is 16.5 Å². The fourth-order valence-electron chi connectivity index (χ4n) is 0.973. The number of benzene rings is 1. The van der Waals surface area contributed by atoms with E-state index in [4.69, 9.17) is 17.3 Å². The number of anilines is 1. The first-order chi connectivity index (χ1) is 6.90. The highest BCUT2D eigenvalue weighted by molar-refractivity contribution is 8.00. The smallest absolute Gasteiger partial charge is 0.148 e. The molecule has 0 fully saturated rings. The molecule has 15 heavy (non-hydrogen) atoms. The van der Waals surface area contributed by atoms with Crippen LogP contribution in [-0.2, 0) is 9.84 Å². The number of nitrogens with two attached hydrogens (primary N) is 1. The van der Waals surface area contributed by atoms with Crippen LogP contribution in [0.2, 0.25) is 5.02 Å². The van der Waals surface area contributed by atoms with Gasteiger partial charge in [0.25, 0.3) is 0 Å². The maximum atomic E-state index is 10.9. The standard InChI is InChI=1S/C9H12ClNO2S2/c1-15(12,13)6-5-14-9-7(10)3-2-4-8(9)11/h2-4H,5-6,11H2,1H3. The highest BCUT2D eigenvalue weighted by Gasteiger charge is 2.07. The molecule has 3 nitrogen and oxygen atoms in total. The molecule has 0 aliphatic heterocycles. The Kier molecular flexibility index (Phi) is 4.31. The van der Waals surface area contributed by atoms with Crippen molar-refractivity contribution >= 4 is 38.9 Å². The van der Waals surface area contributed by atoms with Crippen LogP contribution in [-0.4, -0.2) is 26.2 Å². The predicted octanol–water partition coefficient (Wildman–Crippen LogP) is 2.06. The van der Waals surface area contributed by atoms with E-state index in [-0.39, 0.29) is 5.75 Å². The Hall–Kier alpha value is -0.390. The monoisotopic (exact) mass is 265 g/mol. The summed E-state index contributed by atoms with van der Waals surface area (Å²) in [7, 11) is -2.92. The summed E-state index contributed by atoms with van der Waals surface area (Å²) in [5.74, 6) is 0.592. The largest absolute Gasteiger partial charge is 0.398 e. The van der Waals surface area contributed by atoms with E-state index >= 15 is 0 Å². The molecule has 0 amide bonds. The molecule has 0 atom stereocenters. The lowest BCUT2D eigenvalue weighted by Crippen LogP contribution is -2.05. The number of hydrogen-bond acceptors (Lipinski definition) is 4. The van der Waals surface area contributed by atoms with E-state index in [9.17, 15) is 8.42 Å². The molecule has 1 rings (SSSR count). The highest BCUT2D eigenvalue weighted by atomic mass is 35.5. The molecule has 1 aromatic carbocycles. The van der Waals surface area contributed by atoms with Crippen molar-refractivity contribution < 1.29 is 8.42 Å². The summed E-state index contributed by atoms with van der Waals surface area (Å²) < 4.78 is 21.8. The third kappa shape index (κ3) is 4.32. The first-order valence-corrected chi connectivity index (χ1v) is 7.67. The van der Waals surface area contributed by atoms with Gasteiger partial charge in [0, 0.05) is 22.6 Å². The summed E-state index contributed by atoms with van der Waals surface area (Å²) in [6.45, 7) is 0. The average molecular weight is 266 g/mol. The molecular weight excluding hydrogens is 254 g/mol. The molecule has 0 radical (unpaired) electrons. The first-order valence-electron chi connectivity index (χ1n) is 4.24. The quantitative estimate of drug-likeness (QED) is 0.669. The predicted molar refractivity (Wildman–Crippen MR) is 66.3 cm³/mol. The van der Waals surface area contributed by atoms with Crippen LogP contribution in [0.25, 0.3) is 0 Å². The summed E-state index contributed by atoms with van der Waals surface area (Å²) >= 11 is 7.29. The number of rotatable bonds is 4. The van der Waals surface area contributed by atoms with Crippen LogP contribution in [0.5, 0.6) is 0 Å². The first kappa shape index (κ1) is 12.7. The van der Waals surface area contributed by atoms with E-state index in [1.54, 1.807) is 18.2 Å².